The fourth-order valence-corrected chi connectivity index (χ4v) is 2.65. The van der Waals surface area contributed by atoms with Gasteiger partial charge in [-0.3, -0.25) is 4.79 Å². The van der Waals surface area contributed by atoms with E-state index in [0.29, 0.717) is 16.3 Å². The molecule has 1 heterocycles. The van der Waals surface area contributed by atoms with Gasteiger partial charge in [0.1, 0.15) is 5.15 Å². The van der Waals surface area contributed by atoms with Crippen molar-refractivity contribution in [1.29, 1.82) is 0 Å². The highest BCUT2D eigenvalue weighted by molar-refractivity contribution is 9.10. The number of carbonyl (C=O) groups excluding carboxylic acids is 1. The molecule has 120 valence electrons. The summed E-state index contributed by atoms with van der Waals surface area (Å²) in [5, 5.41) is 5.27. The highest BCUT2D eigenvalue weighted by atomic mass is 79.9. The monoisotopic (exact) mass is 401 g/mol. The van der Waals surface area contributed by atoms with Gasteiger partial charge in [0.05, 0.1) is 11.7 Å². The van der Waals surface area contributed by atoms with Crippen LogP contribution in [0.15, 0.2) is 58.1 Å². The Hall–Kier alpha value is -2.24. The molecule has 24 heavy (non-hydrogen) atoms. The molecule has 6 heteroatoms. The largest absolute Gasteiger partial charge is 0.271 e. The van der Waals surface area contributed by atoms with E-state index in [1.807, 2.05) is 31.2 Å². The summed E-state index contributed by atoms with van der Waals surface area (Å²) in [5.41, 5.74) is 5.59. The number of rotatable bonds is 3. The Morgan fingerprint density at radius 2 is 1.96 bits per heavy atom. The van der Waals surface area contributed by atoms with Crippen LogP contribution in [0.25, 0.3) is 10.9 Å². The minimum atomic E-state index is -0.292. The summed E-state index contributed by atoms with van der Waals surface area (Å²) in [7, 11) is 0. The van der Waals surface area contributed by atoms with Gasteiger partial charge in [0.15, 0.2) is 0 Å². The number of aryl methyl sites for hydroxylation is 1. The standard InChI is InChI=1S/C18H13BrClN3O/c1-11-2-3-13-9-14(17(20)22-16(13)8-11)10-21-23-18(24)12-4-6-15(19)7-5-12/h2-10H,1H3,(H,23,24). The third kappa shape index (κ3) is 3.80. The SMILES string of the molecule is Cc1ccc2cc(C=NNC(=O)c3ccc(Br)cc3)c(Cl)nc2c1. The molecule has 4 nitrogen and oxygen atoms in total. The zero-order chi connectivity index (χ0) is 17.1. The number of nitrogens with zero attached hydrogens (tertiary/aromatic N) is 2. The van der Waals surface area contributed by atoms with Crippen molar-refractivity contribution in [2.75, 3.05) is 0 Å². The number of halogens is 2. The van der Waals surface area contributed by atoms with Gasteiger partial charge in [0, 0.05) is 21.0 Å². The molecule has 1 amide bonds. The molecule has 1 aromatic heterocycles. The van der Waals surface area contributed by atoms with E-state index in [1.54, 1.807) is 24.3 Å². The number of hydrazone groups is 1. The summed E-state index contributed by atoms with van der Waals surface area (Å²) in [6.07, 6.45) is 1.49. The van der Waals surface area contributed by atoms with E-state index < -0.39 is 0 Å². The lowest BCUT2D eigenvalue weighted by molar-refractivity contribution is 0.0955. The van der Waals surface area contributed by atoms with Gasteiger partial charge in [0.2, 0.25) is 0 Å². The highest BCUT2D eigenvalue weighted by Crippen LogP contribution is 2.20. The van der Waals surface area contributed by atoms with Crippen LogP contribution in [0, 0.1) is 6.92 Å². The van der Waals surface area contributed by atoms with Crippen molar-refractivity contribution >= 4 is 50.6 Å². The first kappa shape index (κ1) is 16.6. The van der Waals surface area contributed by atoms with Crippen molar-refractivity contribution in [1.82, 2.24) is 10.4 Å². The Morgan fingerprint density at radius 1 is 1.21 bits per heavy atom. The van der Waals surface area contributed by atoms with Gasteiger partial charge in [-0.1, -0.05) is 39.7 Å². The fourth-order valence-electron chi connectivity index (χ4n) is 2.19. The number of hydrogen-bond donors (Lipinski definition) is 1. The highest BCUT2D eigenvalue weighted by Gasteiger charge is 2.05. The zero-order valence-electron chi connectivity index (χ0n) is 12.8. The van der Waals surface area contributed by atoms with Crippen LogP contribution in [0.1, 0.15) is 21.5 Å². The maximum atomic E-state index is 12.0. The zero-order valence-corrected chi connectivity index (χ0v) is 15.1. The van der Waals surface area contributed by atoms with Gasteiger partial charge in [-0.2, -0.15) is 5.10 Å². The maximum Gasteiger partial charge on any atom is 0.271 e. The predicted molar refractivity (Wildman–Crippen MR) is 101 cm³/mol. The molecule has 1 N–H and O–H groups in total. The van der Waals surface area contributed by atoms with E-state index in [0.717, 1.165) is 20.9 Å². The van der Waals surface area contributed by atoms with E-state index in [1.165, 1.54) is 6.21 Å². The molecule has 0 atom stereocenters. The summed E-state index contributed by atoms with van der Waals surface area (Å²) in [4.78, 5) is 16.4. The minimum absolute atomic E-state index is 0.292. The van der Waals surface area contributed by atoms with Crippen molar-refractivity contribution in [3.8, 4) is 0 Å². The molecule has 0 bridgehead atoms. The molecule has 0 aliphatic heterocycles. The number of pyridine rings is 1. The van der Waals surface area contributed by atoms with E-state index in [4.69, 9.17) is 11.6 Å². The molecule has 0 fully saturated rings. The molecule has 0 aliphatic rings. The predicted octanol–water partition coefficient (Wildman–Crippen LogP) is 4.72. The van der Waals surface area contributed by atoms with Crippen LogP contribution < -0.4 is 5.43 Å². The quantitative estimate of drug-likeness (QED) is 0.391. The molecule has 0 spiro atoms. The van der Waals surface area contributed by atoms with Crippen LogP contribution in [-0.2, 0) is 0 Å². The summed E-state index contributed by atoms with van der Waals surface area (Å²) in [6.45, 7) is 2.00. The maximum absolute atomic E-state index is 12.0. The average Bonchev–Trinajstić information content (AvgIpc) is 2.56. The van der Waals surface area contributed by atoms with Crippen molar-refractivity contribution in [2.45, 2.75) is 6.92 Å². The molecule has 0 saturated heterocycles. The third-order valence-electron chi connectivity index (χ3n) is 3.43. The molecule has 0 radical (unpaired) electrons. The minimum Gasteiger partial charge on any atom is -0.267 e. The lowest BCUT2D eigenvalue weighted by Gasteiger charge is -2.03. The molecule has 0 aliphatic carbocycles. The van der Waals surface area contributed by atoms with Crippen molar-refractivity contribution in [3.63, 3.8) is 0 Å². The molecule has 3 rings (SSSR count). The number of nitrogens with one attached hydrogen (secondary N) is 1. The average molecular weight is 403 g/mol. The summed E-state index contributed by atoms with van der Waals surface area (Å²) < 4.78 is 0.909. The Bertz CT molecular complexity index is 939. The van der Waals surface area contributed by atoms with Crippen molar-refractivity contribution in [3.05, 3.63) is 74.8 Å². The van der Waals surface area contributed by atoms with Gasteiger partial charge in [-0.05, 0) is 48.9 Å². The van der Waals surface area contributed by atoms with Gasteiger partial charge in [0.25, 0.3) is 5.91 Å². The van der Waals surface area contributed by atoms with Gasteiger partial charge in [-0.15, -0.1) is 0 Å². The number of carbonyl (C=O) groups is 1. The van der Waals surface area contributed by atoms with Gasteiger partial charge in [-0.25, -0.2) is 10.4 Å². The summed E-state index contributed by atoms with van der Waals surface area (Å²) in [5.74, 6) is -0.292. The van der Waals surface area contributed by atoms with Crippen molar-refractivity contribution < 1.29 is 4.79 Å². The fraction of sp³-hybridized carbons (Fsp3) is 0.0556. The summed E-state index contributed by atoms with van der Waals surface area (Å²) >= 11 is 9.51. The Labute approximate surface area is 152 Å². The van der Waals surface area contributed by atoms with Crippen LogP contribution in [0.2, 0.25) is 5.15 Å². The Balaban J connectivity index is 1.77. The van der Waals surface area contributed by atoms with Crippen LogP contribution in [0.3, 0.4) is 0 Å². The molecule has 0 saturated carbocycles. The van der Waals surface area contributed by atoms with Crippen LogP contribution in [-0.4, -0.2) is 17.1 Å². The topological polar surface area (TPSA) is 54.4 Å². The van der Waals surface area contributed by atoms with Crippen LogP contribution >= 0.6 is 27.5 Å². The number of benzene rings is 2. The van der Waals surface area contributed by atoms with Crippen LogP contribution in [0.4, 0.5) is 0 Å². The number of hydrogen-bond acceptors (Lipinski definition) is 3. The molecule has 0 unspecified atom stereocenters. The first-order chi connectivity index (χ1) is 11.5. The number of fused-ring (bicyclic) bond motifs is 1. The lowest BCUT2D eigenvalue weighted by Crippen LogP contribution is -2.17. The molecular formula is C18H13BrClN3O. The lowest BCUT2D eigenvalue weighted by atomic mass is 10.1. The second-order valence-electron chi connectivity index (χ2n) is 5.27. The number of amides is 1. The van der Waals surface area contributed by atoms with E-state index >= 15 is 0 Å². The molecule has 3 aromatic rings. The molecular weight excluding hydrogens is 390 g/mol. The second kappa shape index (κ2) is 7.11. The first-order valence-electron chi connectivity index (χ1n) is 7.19. The smallest absolute Gasteiger partial charge is 0.267 e. The van der Waals surface area contributed by atoms with E-state index in [2.05, 4.69) is 31.4 Å². The van der Waals surface area contributed by atoms with E-state index in [9.17, 15) is 4.79 Å². The van der Waals surface area contributed by atoms with Crippen LogP contribution in [0.5, 0.6) is 0 Å². The van der Waals surface area contributed by atoms with E-state index in [-0.39, 0.29) is 5.91 Å². The van der Waals surface area contributed by atoms with Gasteiger partial charge >= 0.3 is 0 Å². The van der Waals surface area contributed by atoms with Gasteiger partial charge < -0.3 is 0 Å². The first-order valence-corrected chi connectivity index (χ1v) is 8.36. The normalized spacial score (nSPS) is 11.1. The third-order valence-corrected chi connectivity index (χ3v) is 4.26. The Kier molecular flexibility index (Phi) is 4.92. The Morgan fingerprint density at radius 3 is 2.71 bits per heavy atom. The summed E-state index contributed by atoms with van der Waals surface area (Å²) in [6, 6.07) is 14.9. The molecule has 2 aromatic carbocycles. The van der Waals surface area contributed by atoms with Crippen molar-refractivity contribution in [2.24, 2.45) is 5.10 Å². The number of aromatic nitrogens is 1. The second-order valence-corrected chi connectivity index (χ2v) is 6.54.